The van der Waals surface area contributed by atoms with E-state index in [4.69, 9.17) is 28.9 Å². The molecule has 4 nitrogen and oxygen atoms in total. The molecule has 2 aromatic rings. The first-order valence-corrected chi connectivity index (χ1v) is 6.21. The fraction of sp³-hybridized carbons (Fsp3) is 0.0769. The predicted molar refractivity (Wildman–Crippen MR) is 77.8 cm³/mol. The third-order valence-electron chi connectivity index (χ3n) is 2.49. The highest BCUT2D eigenvalue weighted by atomic mass is 35.5. The number of aryl methyl sites for hydroxylation is 1. The summed E-state index contributed by atoms with van der Waals surface area (Å²) in [6.45, 7) is 1.80. The van der Waals surface area contributed by atoms with Crippen molar-refractivity contribution in [3.8, 4) is 0 Å². The van der Waals surface area contributed by atoms with Crippen molar-refractivity contribution in [2.75, 3.05) is 11.1 Å². The Morgan fingerprint density at radius 1 is 1.26 bits per heavy atom. The molecule has 0 saturated carbocycles. The molecular weight excluding hydrogens is 285 g/mol. The number of rotatable bonds is 2. The number of hydrogen-bond donors (Lipinski definition) is 2. The van der Waals surface area contributed by atoms with Crippen LogP contribution in [0, 0.1) is 6.92 Å². The Balaban J connectivity index is 2.23. The normalized spacial score (nSPS) is 10.3. The standard InChI is InChI=1S/C13H11Cl2N3O/c1-7-4-12(16)9(6-17-7)13(19)18-8-2-3-10(14)11(15)5-8/h2-6H,1H3,(H2,16,17)(H,18,19). The van der Waals surface area contributed by atoms with Gasteiger partial charge in [0.25, 0.3) is 5.91 Å². The first-order valence-electron chi connectivity index (χ1n) is 5.46. The molecular formula is C13H11Cl2N3O. The fourth-order valence-corrected chi connectivity index (χ4v) is 1.84. The highest BCUT2D eigenvalue weighted by molar-refractivity contribution is 6.42. The molecule has 19 heavy (non-hydrogen) atoms. The first kappa shape index (κ1) is 13.6. The Bertz CT molecular complexity index is 644. The van der Waals surface area contributed by atoms with Crippen LogP contribution in [0.4, 0.5) is 11.4 Å². The van der Waals surface area contributed by atoms with Crippen LogP contribution in [0.1, 0.15) is 16.1 Å². The van der Waals surface area contributed by atoms with Crippen molar-refractivity contribution in [2.45, 2.75) is 6.92 Å². The van der Waals surface area contributed by atoms with E-state index < -0.39 is 0 Å². The molecule has 0 atom stereocenters. The number of aromatic nitrogens is 1. The van der Waals surface area contributed by atoms with Crippen molar-refractivity contribution >= 4 is 40.5 Å². The number of hydrogen-bond acceptors (Lipinski definition) is 3. The van der Waals surface area contributed by atoms with Gasteiger partial charge in [0, 0.05) is 23.3 Å². The predicted octanol–water partition coefficient (Wildman–Crippen LogP) is 3.53. The number of anilines is 2. The van der Waals surface area contributed by atoms with E-state index in [1.807, 2.05) is 0 Å². The van der Waals surface area contributed by atoms with Crippen molar-refractivity contribution in [2.24, 2.45) is 0 Å². The van der Waals surface area contributed by atoms with E-state index in [0.29, 0.717) is 27.0 Å². The van der Waals surface area contributed by atoms with Gasteiger partial charge in [0.15, 0.2) is 0 Å². The number of amides is 1. The number of nitrogens with two attached hydrogens (primary N) is 1. The number of nitrogens with zero attached hydrogens (tertiary/aromatic N) is 1. The van der Waals surface area contributed by atoms with Crippen molar-refractivity contribution in [1.82, 2.24) is 4.98 Å². The number of pyridine rings is 1. The third kappa shape index (κ3) is 3.16. The molecule has 3 N–H and O–H groups in total. The summed E-state index contributed by atoms with van der Waals surface area (Å²) in [4.78, 5) is 16.1. The topological polar surface area (TPSA) is 68.0 Å². The number of halogens is 2. The summed E-state index contributed by atoms with van der Waals surface area (Å²) in [6, 6.07) is 6.48. The zero-order valence-corrected chi connectivity index (χ0v) is 11.6. The van der Waals surface area contributed by atoms with Crippen molar-refractivity contribution in [3.63, 3.8) is 0 Å². The van der Waals surface area contributed by atoms with Crippen molar-refractivity contribution < 1.29 is 4.79 Å². The smallest absolute Gasteiger partial charge is 0.259 e. The average molecular weight is 296 g/mol. The molecule has 0 aliphatic heterocycles. The van der Waals surface area contributed by atoms with Crippen LogP contribution in [-0.4, -0.2) is 10.9 Å². The van der Waals surface area contributed by atoms with E-state index in [9.17, 15) is 4.79 Å². The quantitative estimate of drug-likeness (QED) is 0.890. The van der Waals surface area contributed by atoms with Crippen LogP contribution in [0.25, 0.3) is 0 Å². The van der Waals surface area contributed by atoms with E-state index in [1.54, 1.807) is 31.2 Å². The van der Waals surface area contributed by atoms with Crippen LogP contribution in [0.3, 0.4) is 0 Å². The van der Waals surface area contributed by atoms with Gasteiger partial charge in [-0.15, -0.1) is 0 Å². The molecule has 0 fully saturated rings. The van der Waals surface area contributed by atoms with E-state index in [0.717, 1.165) is 5.69 Å². The van der Waals surface area contributed by atoms with Gasteiger partial charge in [-0.3, -0.25) is 9.78 Å². The van der Waals surface area contributed by atoms with Crippen molar-refractivity contribution in [3.05, 3.63) is 51.8 Å². The van der Waals surface area contributed by atoms with Gasteiger partial charge in [-0.25, -0.2) is 0 Å². The summed E-state index contributed by atoms with van der Waals surface area (Å²) in [6.07, 6.45) is 1.44. The van der Waals surface area contributed by atoms with Gasteiger partial charge in [0.1, 0.15) is 0 Å². The fourth-order valence-electron chi connectivity index (χ4n) is 1.54. The zero-order valence-electron chi connectivity index (χ0n) is 10.1. The number of carbonyl (C=O) groups excluding carboxylic acids is 1. The van der Waals surface area contributed by atoms with E-state index in [2.05, 4.69) is 10.3 Å². The Morgan fingerprint density at radius 3 is 2.63 bits per heavy atom. The SMILES string of the molecule is Cc1cc(N)c(C(=O)Nc2ccc(Cl)c(Cl)c2)cn1. The number of benzene rings is 1. The van der Waals surface area contributed by atoms with E-state index in [1.165, 1.54) is 6.20 Å². The molecule has 2 rings (SSSR count). The molecule has 0 spiro atoms. The van der Waals surface area contributed by atoms with Crippen LogP contribution in [-0.2, 0) is 0 Å². The third-order valence-corrected chi connectivity index (χ3v) is 3.23. The molecule has 1 amide bonds. The summed E-state index contributed by atoms with van der Waals surface area (Å²) in [5.41, 5.74) is 7.77. The summed E-state index contributed by atoms with van der Waals surface area (Å²) in [5.74, 6) is -0.344. The molecule has 0 bridgehead atoms. The van der Waals surface area contributed by atoms with Crippen LogP contribution in [0.5, 0.6) is 0 Å². The summed E-state index contributed by atoms with van der Waals surface area (Å²) < 4.78 is 0. The lowest BCUT2D eigenvalue weighted by Gasteiger charge is -2.08. The average Bonchev–Trinajstić information content (AvgIpc) is 2.33. The van der Waals surface area contributed by atoms with Crippen molar-refractivity contribution in [1.29, 1.82) is 0 Å². The summed E-state index contributed by atoms with van der Waals surface area (Å²) in [7, 11) is 0. The highest BCUT2D eigenvalue weighted by Crippen LogP contribution is 2.25. The maximum absolute atomic E-state index is 12.0. The van der Waals surface area contributed by atoms with E-state index >= 15 is 0 Å². The van der Waals surface area contributed by atoms with E-state index in [-0.39, 0.29) is 5.91 Å². The molecule has 1 heterocycles. The van der Waals surface area contributed by atoms with Gasteiger partial charge in [0.2, 0.25) is 0 Å². The second-order valence-corrected chi connectivity index (χ2v) is 4.81. The van der Waals surface area contributed by atoms with Crippen LogP contribution in [0.15, 0.2) is 30.5 Å². The number of nitrogen functional groups attached to an aromatic ring is 1. The molecule has 0 radical (unpaired) electrons. The van der Waals surface area contributed by atoms with Crippen LogP contribution in [0.2, 0.25) is 10.0 Å². The Morgan fingerprint density at radius 2 is 2.00 bits per heavy atom. The minimum absolute atomic E-state index is 0.316. The lowest BCUT2D eigenvalue weighted by molar-refractivity contribution is 0.102. The number of nitrogens with one attached hydrogen (secondary N) is 1. The first-order chi connectivity index (χ1) is 8.97. The molecule has 0 unspecified atom stereocenters. The molecule has 98 valence electrons. The van der Waals surface area contributed by atoms with Crippen LogP contribution >= 0.6 is 23.2 Å². The van der Waals surface area contributed by atoms with Gasteiger partial charge in [0.05, 0.1) is 15.6 Å². The van der Waals surface area contributed by atoms with Crippen LogP contribution < -0.4 is 11.1 Å². The zero-order chi connectivity index (χ0) is 14.0. The van der Waals surface area contributed by atoms with Gasteiger partial charge >= 0.3 is 0 Å². The second kappa shape index (κ2) is 5.47. The van der Waals surface area contributed by atoms with Gasteiger partial charge < -0.3 is 11.1 Å². The van der Waals surface area contributed by atoms with Gasteiger partial charge in [-0.05, 0) is 31.2 Å². The largest absolute Gasteiger partial charge is 0.398 e. The maximum atomic E-state index is 12.0. The molecule has 0 aliphatic rings. The minimum Gasteiger partial charge on any atom is -0.398 e. The Hall–Kier alpha value is -1.78. The molecule has 1 aromatic carbocycles. The molecule has 1 aromatic heterocycles. The Labute approximate surface area is 120 Å². The molecule has 6 heteroatoms. The maximum Gasteiger partial charge on any atom is 0.259 e. The summed E-state index contributed by atoms with van der Waals surface area (Å²) in [5, 5.41) is 3.48. The molecule has 0 aliphatic carbocycles. The highest BCUT2D eigenvalue weighted by Gasteiger charge is 2.11. The minimum atomic E-state index is -0.344. The summed E-state index contributed by atoms with van der Waals surface area (Å²) >= 11 is 11.7. The number of carbonyl (C=O) groups is 1. The molecule has 0 saturated heterocycles. The second-order valence-electron chi connectivity index (χ2n) is 4.00. The Kier molecular flexibility index (Phi) is 3.93. The lowest BCUT2D eigenvalue weighted by Crippen LogP contribution is -2.14. The van der Waals surface area contributed by atoms with Gasteiger partial charge in [-0.2, -0.15) is 0 Å². The van der Waals surface area contributed by atoms with Gasteiger partial charge in [-0.1, -0.05) is 23.2 Å². The lowest BCUT2D eigenvalue weighted by atomic mass is 10.2. The monoisotopic (exact) mass is 295 g/mol.